The summed E-state index contributed by atoms with van der Waals surface area (Å²) in [5, 5.41) is 4.09. The first kappa shape index (κ1) is 20.6. The molecule has 30 heavy (non-hydrogen) atoms. The molecule has 3 aromatic rings. The second-order valence-electron chi connectivity index (χ2n) is 7.66. The van der Waals surface area contributed by atoms with E-state index in [9.17, 15) is 4.79 Å². The summed E-state index contributed by atoms with van der Waals surface area (Å²) in [5.41, 5.74) is 3.01. The van der Waals surface area contributed by atoms with Crippen LogP contribution in [-0.2, 0) is 27.4 Å². The normalized spacial score (nSPS) is 15.9. The Morgan fingerprint density at radius 1 is 1.10 bits per heavy atom. The summed E-state index contributed by atoms with van der Waals surface area (Å²) in [7, 11) is 0. The van der Waals surface area contributed by atoms with Crippen LogP contribution in [0.3, 0.4) is 0 Å². The maximum Gasteiger partial charge on any atom is 0.253 e. The Morgan fingerprint density at radius 2 is 1.90 bits per heavy atom. The summed E-state index contributed by atoms with van der Waals surface area (Å²) in [5.74, 6) is -0.142. The molecule has 6 nitrogen and oxygen atoms in total. The van der Waals surface area contributed by atoms with Gasteiger partial charge in [0.15, 0.2) is 0 Å². The highest BCUT2D eigenvalue weighted by atomic mass is 16.5. The van der Waals surface area contributed by atoms with Gasteiger partial charge in [0.25, 0.3) is 5.91 Å². The summed E-state index contributed by atoms with van der Waals surface area (Å²) in [6.45, 7) is 7.80. The number of ether oxygens (including phenoxy) is 2. The Bertz CT molecular complexity index is 964. The van der Waals surface area contributed by atoms with Crippen LogP contribution in [0.15, 0.2) is 60.8 Å². The lowest BCUT2D eigenvalue weighted by atomic mass is 10.2. The molecule has 1 fully saturated rings. The third-order valence-corrected chi connectivity index (χ3v) is 5.51. The summed E-state index contributed by atoms with van der Waals surface area (Å²) < 4.78 is 13.4. The van der Waals surface area contributed by atoms with Gasteiger partial charge in [0.05, 0.1) is 19.8 Å². The van der Waals surface area contributed by atoms with E-state index in [1.807, 2.05) is 42.5 Å². The number of benzene rings is 2. The molecule has 1 saturated heterocycles. The Hall–Kier alpha value is -2.67. The number of amides is 1. The fraction of sp³-hybridized carbons (Fsp3) is 0.375. The molecule has 0 radical (unpaired) electrons. The molecule has 2 heterocycles. The van der Waals surface area contributed by atoms with E-state index in [2.05, 4.69) is 33.1 Å². The lowest BCUT2D eigenvalue weighted by Gasteiger charge is -2.26. The minimum atomic E-state index is -0.529. The van der Waals surface area contributed by atoms with Crippen molar-refractivity contribution in [3.05, 3.63) is 66.4 Å². The minimum Gasteiger partial charge on any atom is -0.379 e. The number of hydrogen-bond donors (Lipinski definition) is 1. The Morgan fingerprint density at radius 3 is 2.70 bits per heavy atom. The van der Waals surface area contributed by atoms with E-state index in [-0.39, 0.29) is 5.91 Å². The molecule has 158 valence electrons. The standard InChI is InChI=1S/C24H29N3O3/c1-19(30-18-20-5-3-2-4-6-20)24(28)25-22-7-8-23-21(17-22)9-10-27(23)12-11-26-13-15-29-16-14-26/h2-10,17,19H,11-16,18H2,1H3,(H,25,28). The maximum absolute atomic E-state index is 12.5. The van der Waals surface area contributed by atoms with Gasteiger partial charge in [0.1, 0.15) is 6.10 Å². The van der Waals surface area contributed by atoms with Crippen molar-refractivity contribution in [2.24, 2.45) is 0 Å². The second-order valence-corrected chi connectivity index (χ2v) is 7.66. The molecule has 1 N–H and O–H groups in total. The fourth-order valence-electron chi connectivity index (χ4n) is 3.66. The van der Waals surface area contributed by atoms with Crippen molar-refractivity contribution in [2.75, 3.05) is 38.2 Å². The van der Waals surface area contributed by atoms with E-state index in [1.54, 1.807) is 6.92 Å². The first-order chi connectivity index (χ1) is 14.7. The zero-order chi connectivity index (χ0) is 20.8. The van der Waals surface area contributed by atoms with Crippen LogP contribution in [0.4, 0.5) is 5.69 Å². The first-order valence-corrected chi connectivity index (χ1v) is 10.5. The highest BCUT2D eigenvalue weighted by molar-refractivity contribution is 5.96. The van der Waals surface area contributed by atoms with Gasteiger partial charge >= 0.3 is 0 Å². The molecule has 1 aromatic heterocycles. The van der Waals surface area contributed by atoms with E-state index < -0.39 is 6.10 Å². The van der Waals surface area contributed by atoms with Gasteiger partial charge in [0.2, 0.25) is 0 Å². The number of carbonyl (C=O) groups is 1. The maximum atomic E-state index is 12.5. The second kappa shape index (κ2) is 9.89. The summed E-state index contributed by atoms with van der Waals surface area (Å²) >= 11 is 0. The molecule has 2 aromatic carbocycles. The average Bonchev–Trinajstić information content (AvgIpc) is 3.19. The molecular weight excluding hydrogens is 378 g/mol. The summed E-state index contributed by atoms with van der Waals surface area (Å²) in [6, 6.07) is 18.0. The predicted octanol–water partition coefficient (Wildman–Crippen LogP) is 3.52. The highest BCUT2D eigenvalue weighted by Gasteiger charge is 2.15. The van der Waals surface area contributed by atoms with Gasteiger partial charge in [-0.25, -0.2) is 0 Å². The minimum absolute atomic E-state index is 0.142. The van der Waals surface area contributed by atoms with Gasteiger partial charge in [-0.2, -0.15) is 0 Å². The topological polar surface area (TPSA) is 55.7 Å². The molecule has 1 aliphatic rings. The molecule has 0 spiro atoms. The number of hydrogen-bond acceptors (Lipinski definition) is 4. The van der Waals surface area contributed by atoms with Gasteiger partial charge in [-0.15, -0.1) is 0 Å². The third-order valence-electron chi connectivity index (χ3n) is 5.51. The number of fused-ring (bicyclic) bond motifs is 1. The monoisotopic (exact) mass is 407 g/mol. The number of nitrogens with one attached hydrogen (secondary N) is 1. The number of morpholine rings is 1. The molecule has 0 saturated carbocycles. The van der Waals surface area contributed by atoms with Crippen LogP contribution in [0.1, 0.15) is 12.5 Å². The smallest absolute Gasteiger partial charge is 0.253 e. The van der Waals surface area contributed by atoms with Crippen molar-refractivity contribution in [1.29, 1.82) is 0 Å². The molecule has 6 heteroatoms. The number of anilines is 1. The zero-order valence-electron chi connectivity index (χ0n) is 17.4. The molecule has 0 aliphatic carbocycles. The average molecular weight is 408 g/mol. The number of nitrogens with zero attached hydrogens (tertiary/aromatic N) is 2. The lowest BCUT2D eigenvalue weighted by Crippen LogP contribution is -2.38. The third kappa shape index (κ3) is 5.27. The Balaban J connectivity index is 1.32. The van der Waals surface area contributed by atoms with Crippen LogP contribution in [0, 0.1) is 0 Å². The lowest BCUT2D eigenvalue weighted by molar-refractivity contribution is -0.127. The van der Waals surface area contributed by atoms with Crippen LogP contribution in [0.5, 0.6) is 0 Å². The molecule has 1 aliphatic heterocycles. The molecule has 1 unspecified atom stereocenters. The van der Waals surface area contributed by atoms with Crippen LogP contribution in [-0.4, -0.2) is 54.3 Å². The zero-order valence-corrected chi connectivity index (χ0v) is 17.4. The first-order valence-electron chi connectivity index (χ1n) is 10.5. The number of rotatable bonds is 8. The van der Waals surface area contributed by atoms with Gasteiger partial charge < -0.3 is 19.4 Å². The molecule has 4 rings (SSSR count). The quantitative estimate of drug-likeness (QED) is 0.621. The summed E-state index contributed by atoms with van der Waals surface area (Å²) in [6.07, 6.45) is 1.58. The van der Waals surface area contributed by atoms with E-state index in [4.69, 9.17) is 9.47 Å². The van der Waals surface area contributed by atoms with Crippen LogP contribution >= 0.6 is 0 Å². The van der Waals surface area contributed by atoms with E-state index >= 15 is 0 Å². The predicted molar refractivity (Wildman–Crippen MR) is 119 cm³/mol. The van der Waals surface area contributed by atoms with Crippen molar-refractivity contribution >= 4 is 22.5 Å². The van der Waals surface area contributed by atoms with E-state index in [1.165, 1.54) is 5.52 Å². The van der Waals surface area contributed by atoms with Crippen molar-refractivity contribution in [2.45, 2.75) is 26.2 Å². The molecule has 1 amide bonds. The van der Waals surface area contributed by atoms with Gasteiger partial charge in [0, 0.05) is 49.0 Å². The molecular formula is C24H29N3O3. The van der Waals surface area contributed by atoms with Crippen LogP contribution < -0.4 is 5.32 Å². The Labute approximate surface area is 177 Å². The van der Waals surface area contributed by atoms with Crippen LogP contribution in [0.25, 0.3) is 10.9 Å². The van der Waals surface area contributed by atoms with Gasteiger partial charge in [-0.1, -0.05) is 30.3 Å². The molecule has 1 atom stereocenters. The van der Waals surface area contributed by atoms with Crippen molar-refractivity contribution in [3.63, 3.8) is 0 Å². The van der Waals surface area contributed by atoms with E-state index in [0.29, 0.717) is 6.61 Å². The van der Waals surface area contributed by atoms with Gasteiger partial charge in [-0.05, 0) is 36.8 Å². The number of carbonyl (C=O) groups excluding carboxylic acids is 1. The van der Waals surface area contributed by atoms with Crippen molar-refractivity contribution in [1.82, 2.24) is 9.47 Å². The number of aromatic nitrogens is 1. The largest absolute Gasteiger partial charge is 0.379 e. The SMILES string of the molecule is CC(OCc1ccccc1)C(=O)Nc1ccc2c(ccn2CCN2CCOCC2)c1. The van der Waals surface area contributed by atoms with Gasteiger partial charge in [-0.3, -0.25) is 9.69 Å². The Kier molecular flexibility index (Phi) is 6.79. The summed E-state index contributed by atoms with van der Waals surface area (Å²) in [4.78, 5) is 14.9. The fourth-order valence-corrected chi connectivity index (χ4v) is 3.66. The van der Waals surface area contributed by atoms with Crippen LogP contribution in [0.2, 0.25) is 0 Å². The molecule has 0 bridgehead atoms. The van der Waals surface area contributed by atoms with Crippen molar-refractivity contribution in [3.8, 4) is 0 Å². The van der Waals surface area contributed by atoms with Crippen molar-refractivity contribution < 1.29 is 14.3 Å². The highest BCUT2D eigenvalue weighted by Crippen LogP contribution is 2.21. The van der Waals surface area contributed by atoms with E-state index in [0.717, 1.165) is 56.0 Å².